The summed E-state index contributed by atoms with van der Waals surface area (Å²) in [6.07, 6.45) is 1.52. The summed E-state index contributed by atoms with van der Waals surface area (Å²) in [6, 6.07) is 16.6. The minimum absolute atomic E-state index is 0.0363. The monoisotopic (exact) mass is 385 g/mol. The van der Waals surface area contributed by atoms with Crippen LogP contribution in [0.1, 0.15) is 38.3 Å². The lowest BCUT2D eigenvalue weighted by Gasteiger charge is -2.12. The Bertz CT molecular complexity index is 1220. The number of aromatic nitrogens is 2. The maximum atomic E-state index is 12.7. The maximum Gasteiger partial charge on any atom is 0.292 e. The zero-order valence-electron chi connectivity index (χ0n) is 16.3. The average Bonchev–Trinajstić information content (AvgIpc) is 2.69. The van der Waals surface area contributed by atoms with E-state index in [1.165, 1.54) is 13.1 Å². The molecule has 1 aromatic heterocycles. The molecule has 0 fully saturated rings. The number of rotatable bonds is 4. The van der Waals surface area contributed by atoms with Gasteiger partial charge in [-0.1, -0.05) is 48.0 Å². The van der Waals surface area contributed by atoms with Gasteiger partial charge in [0.15, 0.2) is 5.69 Å². The molecule has 0 radical (unpaired) electrons. The highest BCUT2D eigenvalue weighted by atomic mass is 16.2. The normalized spacial score (nSPS) is 10.7. The molecule has 7 nitrogen and oxygen atoms in total. The molecule has 3 rings (SSSR count). The molecule has 0 spiro atoms. The Hall–Kier alpha value is -4.05. The maximum absolute atomic E-state index is 12.7. The van der Waals surface area contributed by atoms with Crippen LogP contribution in [0, 0.1) is 32.1 Å². The number of nitrogens with zero attached hydrogens (tertiary/aromatic N) is 4. The van der Waals surface area contributed by atoms with Crippen LogP contribution >= 0.6 is 0 Å². The number of carbonyl (C=O) groups excluding carboxylic acids is 1. The molecular weight excluding hydrogens is 366 g/mol. The standard InChI is InChI=1S/C22H19N5O2/c1-14-7-6-9-17(11-14)13-24-25-21(28)20-16(3)18(12-23)22(29)27(26-20)19-10-5-4-8-15(19)2/h4-11,13H,1-3H3,(H,25,28)/b24-13+. The summed E-state index contributed by atoms with van der Waals surface area (Å²) in [5.41, 5.74) is 5.09. The Kier molecular flexibility index (Phi) is 5.65. The van der Waals surface area contributed by atoms with Crippen molar-refractivity contribution in [2.45, 2.75) is 20.8 Å². The van der Waals surface area contributed by atoms with E-state index in [4.69, 9.17) is 0 Å². The first kappa shape index (κ1) is 19.7. The van der Waals surface area contributed by atoms with E-state index in [1.807, 2.05) is 56.3 Å². The predicted octanol–water partition coefficient (Wildman–Crippen LogP) is 2.79. The Labute approximate surface area is 167 Å². The second-order valence-electron chi connectivity index (χ2n) is 6.58. The van der Waals surface area contributed by atoms with Crippen LogP contribution in [-0.2, 0) is 0 Å². The number of carbonyl (C=O) groups is 1. The topological polar surface area (TPSA) is 100 Å². The van der Waals surface area contributed by atoms with Crippen molar-refractivity contribution in [1.29, 1.82) is 5.26 Å². The number of aryl methyl sites for hydroxylation is 2. The smallest absolute Gasteiger partial charge is 0.266 e. The molecule has 7 heteroatoms. The van der Waals surface area contributed by atoms with Crippen molar-refractivity contribution >= 4 is 12.1 Å². The molecule has 29 heavy (non-hydrogen) atoms. The third-order valence-electron chi connectivity index (χ3n) is 4.43. The predicted molar refractivity (Wildman–Crippen MR) is 110 cm³/mol. The molecule has 3 aromatic rings. The van der Waals surface area contributed by atoms with Crippen molar-refractivity contribution in [3.8, 4) is 11.8 Å². The number of hydrogen-bond acceptors (Lipinski definition) is 5. The molecule has 0 bridgehead atoms. The number of nitrogens with one attached hydrogen (secondary N) is 1. The lowest BCUT2D eigenvalue weighted by Crippen LogP contribution is -2.31. The lowest BCUT2D eigenvalue weighted by molar-refractivity contribution is 0.0947. The van der Waals surface area contributed by atoms with E-state index in [-0.39, 0.29) is 16.8 Å². The van der Waals surface area contributed by atoms with Gasteiger partial charge in [-0.15, -0.1) is 0 Å². The van der Waals surface area contributed by atoms with Gasteiger partial charge in [0.2, 0.25) is 0 Å². The number of para-hydroxylation sites is 1. The van der Waals surface area contributed by atoms with E-state index >= 15 is 0 Å². The average molecular weight is 385 g/mol. The summed E-state index contributed by atoms with van der Waals surface area (Å²) in [7, 11) is 0. The molecule has 0 aliphatic carbocycles. The summed E-state index contributed by atoms with van der Waals surface area (Å²) in [4.78, 5) is 25.4. The van der Waals surface area contributed by atoms with E-state index in [0.717, 1.165) is 21.4 Å². The first-order valence-corrected chi connectivity index (χ1v) is 8.92. The van der Waals surface area contributed by atoms with Gasteiger partial charge in [0, 0.05) is 5.56 Å². The summed E-state index contributed by atoms with van der Waals surface area (Å²) in [6.45, 7) is 5.30. The highest BCUT2D eigenvalue weighted by Gasteiger charge is 2.20. The number of hydrazone groups is 1. The quantitative estimate of drug-likeness (QED) is 0.551. The Balaban J connectivity index is 1.99. The summed E-state index contributed by atoms with van der Waals surface area (Å²) < 4.78 is 1.08. The van der Waals surface area contributed by atoms with E-state index in [2.05, 4.69) is 15.6 Å². The summed E-state index contributed by atoms with van der Waals surface area (Å²) in [5, 5.41) is 17.6. The molecular formula is C22H19N5O2. The summed E-state index contributed by atoms with van der Waals surface area (Å²) in [5.74, 6) is -0.606. The molecule has 1 N–H and O–H groups in total. The highest BCUT2D eigenvalue weighted by molar-refractivity contribution is 5.94. The van der Waals surface area contributed by atoms with Gasteiger partial charge in [-0.25, -0.2) is 5.43 Å². The van der Waals surface area contributed by atoms with Crippen molar-refractivity contribution in [1.82, 2.24) is 15.2 Å². The highest BCUT2D eigenvalue weighted by Crippen LogP contribution is 2.13. The van der Waals surface area contributed by atoms with Gasteiger partial charge in [-0.2, -0.15) is 20.1 Å². The van der Waals surface area contributed by atoms with Crippen LogP contribution in [-0.4, -0.2) is 21.9 Å². The van der Waals surface area contributed by atoms with Crippen molar-refractivity contribution in [2.24, 2.45) is 5.10 Å². The van der Waals surface area contributed by atoms with Crippen LogP contribution in [0.15, 0.2) is 58.4 Å². The van der Waals surface area contributed by atoms with Crippen LogP contribution in [0.4, 0.5) is 0 Å². The fourth-order valence-electron chi connectivity index (χ4n) is 2.89. The lowest BCUT2D eigenvalue weighted by atomic mass is 10.1. The van der Waals surface area contributed by atoms with Crippen LogP contribution < -0.4 is 11.0 Å². The van der Waals surface area contributed by atoms with Crippen molar-refractivity contribution in [3.63, 3.8) is 0 Å². The molecule has 144 valence electrons. The van der Waals surface area contributed by atoms with E-state index in [1.54, 1.807) is 12.1 Å². The molecule has 0 aliphatic heterocycles. The minimum atomic E-state index is -0.606. The molecule has 2 aromatic carbocycles. The Morgan fingerprint density at radius 3 is 2.62 bits per heavy atom. The first-order chi connectivity index (χ1) is 13.9. The van der Waals surface area contributed by atoms with Crippen molar-refractivity contribution in [3.05, 3.63) is 92.4 Å². The third-order valence-corrected chi connectivity index (χ3v) is 4.43. The number of amides is 1. The van der Waals surface area contributed by atoms with Gasteiger partial charge in [0.1, 0.15) is 11.6 Å². The van der Waals surface area contributed by atoms with E-state index in [0.29, 0.717) is 5.69 Å². The van der Waals surface area contributed by atoms with Crippen molar-refractivity contribution < 1.29 is 4.79 Å². The molecule has 0 saturated heterocycles. The van der Waals surface area contributed by atoms with Crippen molar-refractivity contribution in [2.75, 3.05) is 0 Å². The van der Waals surface area contributed by atoms with Gasteiger partial charge in [-0.05, 0) is 38.0 Å². The first-order valence-electron chi connectivity index (χ1n) is 8.92. The molecule has 0 atom stereocenters. The SMILES string of the molecule is Cc1cccc(/C=N/NC(=O)c2nn(-c3ccccc3C)c(=O)c(C#N)c2C)c1. The number of hydrogen-bond donors (Lipinski definition) is 1. The Morgan fingerprint density at radius 1 is 1.17 bits per heavy atom. The third kappa shape index (κ3) is 4.12. The second-order valence-corrected chi connectivity index (χ2v) is 6.58. The second kappa shape index (κ2) is 8.31. The fourth-order valence-corrected chi connectivity index (χ4v) is 2.89. The van der Waals surface area contributed by atoms with E-state index < -0.39 is 11.5 Å². The van der Waals surface area contributed by atoms with Crippen LogP contribution in [0.5, 0.6) is 0 Å². The molecule has 1 amide bonds. The largest absolute Gasteiger partial charge is 0.292 e. The molecule has 0 aliphatic rings. The van der Waals surface area contributed by atoms with Crippen LogP contribution in [0.2, 0.25) is 0 Å². The number of nitriles is 1. The van der Waals surface area contributed by atoms with E-state index in [9.17, 15) is 14.9 Å². The molecule has 0 saturated carbocycles. The van der Waals surface area contributed by atoms with Crippen LogP contribution in [0.3, 0.4) is 0 Å². The van der Waals surface area contributed by atoms with Gasteiger partial charge < -0.3 is 0 Å². The van der Waals surface area contributed by atoms with Gasteiger partial charge in [0.25, 0.3) is 11.5 Å². The minimum Gasteiger partial charge on any atom is -0.266 e. The molecule has 1 heterocycles. The number of benzene rings is 2. The molecule has 0 unspecified atom stereocenters. The fraction of sp³-hybridized carbons (Fsp3) is 0.136. The zero-order chi connectivity index (χ0) is 21.0. The van der Waals surface area contributed by atoms with Gasteiger partial charge in [0.05, 0.1) is 11.9 Å². The summed E-state index contributed by atoms with van der Waals surface area (Å²) >= 11 is 0. The van der Waals surface area contributed by atoms with Crippen LogP contribution in [0.25, 0.3) is 5.69 Å². The zero-order valence-corrected chi connectivity index (χ0v) is 16.3. The van der Waals surface area contributed by atoms with Gasteiger partial charge in [-0.3, -0.25) is 9.59 Å². The Morgan fingerprint density at radius 2 is 1.93 bits per heavy atom. The van der Waals surface area contributed by atoms with Gasteiger partial charge >= 0.3 is 0 Å².